The summed E-state index contributed by atoms with van der Waals surface area (Å²) in [6.45, 7) is 0. The number of carbonyl (C=O) groups excluding carboxylic acids is 1. The first-order chi connectivity index (χ1) is 6.50. The van der Waals surface area contributed by atoms with Gasteiger partial charge >= 0.3 is 0 Å². The summed E-state index contributed by atoms with van der Waals surface area (Å²) in [7, 11) is -4.44. The Morgan fingerprint density at radius 1 is 1.36 bits per heavy atom. The van der Waals surface area contributed by atoms with E-state index in [-0.39, 0.29) is 11.1 Å². The van der Waals surface area contributed by atoms with Crippen molar-refractivity contribution in [2.45, 2.75) is 4.90 Å². The van der Waals surface area contributed by atoms with Gasteiger partial charge in [0.05, 0.1) is 6.21 Å². The fourth-order valence-corrected chi connectivity index (χ4v) is 1.63. The van der Waals surface area contributed by atoms with E-state index in [2.05, 4.69) is 0 Å². The van der Waals surface area contributed by atoms with E-state index in [1.807, 2.05) is 0 Å². The molecule has 0 atom stereocenters. The van der Waals surface area contributed by atoms with Crippen LogP contribution < -0.4 is 0 Å². The van der Waals surface area contributed by atoms with Crippen LogP contribution in [-0.4, -0.2) is 25.5 Å². The van der Waals surface area contributed by atoms with Gasteiger partial charge in [-0.3, -0.25) is 14.8 Å². The maximum Gasteiger partial charge on any atom is 0.295 e. The zero-order valence-corrected chi connectivity index (χ0v) is 7.63. The van der Waals surface area contributed by atoms with Gasteiger partial charge in [-0.2, -0.15) is 8.42 Å². The average molecular weight is 211 g/mol. The number of hydrogen-bond donors (Lipinski definition) is 2. The molecule has 0 aliphatic rings. The third-order valence-corrected chi connectivity index (χ3v) is 2.44. The maximum atomic E-state index is 10.8. The van der Waals surface area contributed by atoms with Crippen molar-refractivity contribution in [2.24, 2.45) is 0 Å². The molecule has 1 aromatic carbocycles. The topological polar surface area (TPSA) is 95.3 Å². The Labute approximate surface area is 80.6 Å². The van der Waals surface area contributed by atoms with E-state index in [1.54, 1.807) is 6.21 Å². The number of benzene rings is 1. The molecule has 2 radical (unpaired) electrons. The molecule has 0 saturated heterocycles. The molecular weight excluding hydrogens is 206 g/mol. The van der Waals surface area contributed by atoms with Crippen molar-refractivity contribution in [1.29, 1.82) is 5.41 Å². The highest BCUT2D eigenvalue weighted by Crippen LogP contribution is 2.16. The highest BCUT2D eigenvalue weighted by Gasteiger charge is 2.16. The first-order valence-electron chi connectivity index (χ1n) is 3.42. The van der Waals surface area contributed by atoms with E-state index in [0.29, 0.717) is 0 Å². The van der Waals surface area contributed by atoms with Gasteiger partial charge in [0.25, 0.3) is 10.1 Å². The van der Waals surface area contributed by atoms with Gasteiger partial charge < -0.3 is 0 Å². The van der Waals surface area contributed by atoms with Crippen LogP contribution in [-0.2, 0) is 14.9 Å². The first-order valence-corrected chi connectivity index (χ1v) is 4.86. The molecule has 0 amide bonds. The van der Waals surface area contributed by atoms with E-state index in [1.165, 1.54) is 18.4 Å². The van der Waals surface area contributed by atoms with E-state index in [4.69, 9.17) is 9.96 Å². The number of hydrogen-bond acceptors (Lipinski definition) is 4. The fraction of sp³-hybridized carbons (Fsp3) is 0. The molecule has 5 nitrogen and oxygen atoms in total. The van der Waals surface area contributed by atoms with Crippen molar-refractivity contribution in [3.63, 3.8) is 0 Å². The number of rotatable bonds is 3. The van der Waals surface area contributed by atoms with Crippen LogP contribution in [0, 0.1) is 5.41 Å². The van der Waals surface area contributed by atoms with Gasteiger partial charge in [0.1, 0.15) is 4.90 Å². The second-order valence-electron chi connectivity index (χ2n) is 2.38. The van der Waals surface area contributed by atoms with Crippen LogP contribution in [0.1, 0.15) is 11.1 Å². The third kappa shape index (κ3) is 1.86. The van der Waals surface area contributed by atoms with E-state index in [9.17, 15) is 13.2 Å². The van der Waals surface area contributed by atoms with Crippen LogP contribution in [0.15, 0.2) is 23.1 Å². The Kier molecular flexibility index (Phi) is 2.78. The molecule has 1 rings (SSSR count). The summed E-state index contributed by atoms with van der Waals surface area (Å²) >= 11 is 0. The zero-order chi connectivity index (χ0) is 10.8. The second-order valence-corrected chi connectivity index (χ2v) is 3.77. The minimum atomic E-state index is -4.44. The monoisotopic (exact) mass is 211 g/mol. The minimum absolute atomic E-state index is 0.130. The predicted octanol–water partition coefficient (Wildman–Crippen LogP) is 0.266. The van der Waals surface area contributed by atoms with Gasteiger partial charge in [-0.25, -0.2) is 0 Å². The molecule has 0 aliphatic carbocycles. The first kappa shape index (κ1) is 10.6. The highest BCUT2D eigenvalue weighted by atomic mass is 32.2. The molecule has 72 valence electrons. The smallest absolute Gasteiger partial charge is 0.295 e. The predicted molar refractivity (Wildman–Crippen MR) is 47.9 cm³/mol. The Hall–Kier alpha value is -1.53. The molecule has 14 heavy (non-hydrogen) atoms. The summed E-state index contributed by atoms with van der Waals surface area (Å²) in [6.07, 6.45) is 3.22. The normalized spacial score (nSPS) is 10.9. The molecular formula is C8H5NO4S. The van der Waals surface area contributed by atoms with E-state index in [0.717, 1.165) is 6.07 Å². The second kappa shape index (κ2) is 3.69. The molecule has 0 fully saturated rings. The summed E-state index contributed by atoms with van der Waals surface area (Å²) in [4.78, 5) is 9.82. The van der Waals surface area contributed by atoms with Crippen molar-refractivity contribution >= 4 is 22.6 Å². The highest BCUT2D eigenvalue weighted by molar-refractivity contribution is 7.86. The summed E-state index contributed by atoms with van der Waals surface area (Å²) in [5.74, 6) is 0. The van der Waals surface area contributed by atoms with Crippen molar-refractivity contribution in [3.05, 3.63) is 29.3 Å². The van der Waals surface area contributed by atoms with Crippen LogP contribution >= 0.6 is 0 Å². The molecule has 0 aromatic heterocycles. The Morgan fingerprint density at radius 3 is 2.43 bits per heavy atom. The molecule has 0 aliphatic heterocycles. The average Bonchev–Trinajstić information content (AvgIpc) is 2.15. The molecule has 0 saturated carbocycles. The van der Waals surface area contributed by atoms with Crippen LogP contribution in [0.25, 0.3) is 0 Å². The standard InChI is InChI=1S/C8H5NO4S/c9-4-7-6(5-10)2-1-3-8(7)14(11,12)13/h1-3,9H,(H,11,12,13). The molecule has 0 heterocycles. The largest absolute Gasteiger partial charge is 0.298 e. The minimum Gasteiger partial charge on any atom is -0.298 e. The van der Waals surface area contributed by atoms with Gasteiger partial charge in [0, 0.05) is 11.1 Å². The third-order valence-electron chi connectivity index (χ3n) is 1.54. The van der Waals surface area contributed by atoms with Crippen molar-refractivity contribution in [3.8, 4) is 0 Å². The van der Waals surface area contributed by atoms with Gasteiger partial charge in [0.15, 0.2) is 0 Å². The van der Waals surface area contributed by atoms with Crippen LogP contribution in [0.5, 0.6) is 0 Å². The zero-order valence-electron chi connectivity index (χ0n) is 6.81. The van der Waals surface area contributed by atoms with Gasteiger partial charge in [-0.05, 0) is 6.07 Å². The van der Waals surface area contributed by atoms with E-state index >= 15 is 0 Å². The Morgan fingerprint density at radius 2 is 2.00 bits per heavy atom. The van der Waals surface area contributed by atoms with Gasteiger partial charge in [-0.15, -0.1) is 0 Å². The molecule has 1 aromatic rings. The summed E-state index contributed by atoms with van der Waals surface area (Å²) < 4.78 is 30.3. The van der Waals surface area contributed by atoms with Crippen LogP contribution in [0.3, 0.4) is 0 Å². The molecule has 0 spiro atoms. The van der Waals surface area contributed by atoms with Crippen LogP contribution in [0.4, 0.5) is 0 Å². The van der Waals surface area contributed by atoms with Crippen molar-refractivity contribution in [2.75, 3.05) is 0 Å². The molecule has 0 bridgehead atoms. The van der Waals surface area contributed by atoms with Crippen molar-refractivity contribution in [1.82, 2.24) is 0 Å². The lowest BCUT2D eigenvalue weighted by Crippen LogP contribution is -2.05. The summed E-state index contributed by atoms with van der Waals surface area (Å²) in [5.41, 5.74) is -0.417. The summed E-state index contributed by atoms with van der Waals surface area (Å²) in [6, 6.07) is 3.62. The quantitative estimate of drug-likeness (QED) is 0.554. The molecule has 2 N–H and O–H groups in total. The van der Waals surface area contributed by atoms with Gasteiger partial charge in [-0.1, -0.05) is 12.1 Å². The molecule has 0 unspecified atom stereocenters. The fourth-order valence-electron chi connectivity index (χ4n) is 0.960. The lowest BCUT2D eigenvalue weighted by Gasteiger charge is -2.02. The van der Waals surface area contributed by atoms with E-state index < -0.39 is 15.0 Å². The van der Waals surface area contributed by atoms with Gasteiger partial charge in [0.2, 0.25) is 6.29 Å². The SMILES string of the molecule is N=[C]c1c([C]=O)cccc1S(=O)(=O)O. The molecule has 6 heteroatoms. The maximum absolute atomic E-state index is 10.8. The summed E-state index contributed by atoms with van der Waals surface area (Å²) in [5, 5.41) is 6.80. The lowest BCUT2D eigenvalue weighted by atomic mass is 10.1. The number of nitrogens with one attached hydrogen (secondary N) is 1. The van der Waals surface area contributed by atoms with Crippen LogP contribution in [0.2, 0.25) is 0 Å². The Bertz CT molecular complexity index is 478. The van der Waals surface area contributed by atoms with Crippen molar-refractivity contribution < 1.29 is 17.8 Å². The Balaban J connectivity index is 3.61. The lowest BCUT2D eigenvalue weighted by molar-refractivity contribution is 0.483.